The molecule has 9 heteroatoms. The fourth-order valence-corrected chi connectivity index (χ4v) is 5.56. The summed E-state index contributed by atoms with van der Waals surface area (Å²) in [5.74, 6) is -5.70. The van der Waals surface area contributed by atoms with Crippen molar-refractivity contribution in [2.75, 3.05) is 19.0 Å². The fraction of sp³-hybridized carbons (Fsp3) is 0.867. The topological polar surface area (TPSA) is 86.7 Å². The number of rotatable bonds is 7. The third-order valence-corrected chi connectivity index (χ3v) is 6.87. The van der Waals surface area contributed by atoms with E-state index in [1.54, 1.807) is 0 Å². The molecule has 0 aromatic heterocycles. The van der Waals surface area contributed by atoms with Crippen LogP contribution in [0.3, 0.4) is 0 Å². The molecular weight excluding hydrogens is 346 g/mol. The minimum absolute atomic E-state index is 0.0621. The number of fused-ring (bicyclic) bond motifs is 2. The van der Waals surface area contributed by atoms with E-state index in [1.807, 2.05) is 13.8 Å². The van der Waals surface area contributed by atoms with E-state index in [-0.39, 0.29) is 11.7 Å². The van der Waals surface area contributed by atoms with Crippen LogP contribution < -0.4 is 0 Å². The lowest BCUT2D eigenvalue weighted by molar-refractivity contribution is -0.169. The highest BCUT2D eigenvalue weighted by Crippen LogP contribution is 2.64. The molecule has 0 radical (unpaired) electrons. The van der Waals surface area contributed by atoms with Gasteiger partial charge in [0, 0.05) is 13.3 Å². The number of ketones is 1. The summed E-state index contributed by atoms with van der Waals surface area (Å²) >= 11 is 0. The van der Waals surface area contributed by atoms with Crippen LogP contribution in [0.2, 0.25) is 0 Å². The van der Waals surface area contributed by atoms with Gasteiger partial charge in [0.1, 0.15) is 19.0 Å². The van der Waals surface area contributed by atoms with Crippen molar-refractivity contribution >= 4 is 21.9 Å². The van der Waals surface area contributed by atoms with E-state index in [4.69, 9.17) is 4.18 Å². The number of alkyl halides is 2. The Morgan fingerprint density at radius 3 is 2.42 bits per heavy atom. The monoisotopic (exact) mass is 368 g/mol. The summed E-state index contributed by atoms with van der Waals surface area (Å²) in [5.41, 5.74) is -1.37. The van der Waals surface area contributed by atoms with Crippen molar-refractivity contribution in [3.8, 4) is 0 Å². The number of ether oxygens (including phenoxy) is 1. The maximum Gasteiger partial charge on any atom is 0.376 e. The lowest BCUT2D eigenvalue weighted by atomic mass is 9.70. The zero-order valence-electron chi connectivity index (χ0n) is 13.9. The van der Waals surface area contributed by atoms with Gasteiger partial charge in [-0.25, -0.2) is 4.79 Å². The molecule has 0 N–H and O–H groups in total. The van der Waals surface area contributed by atoms with Gasteiger partial charge in [0.15, 0.2) is 0 Å². The second-order valence-corrected chi connectivity index (χ2v) is 8.85. The Morgan fingerprint density at radius 1 is 1.33 bits per heavy atom. The summed E-state index contributed by atoms with van der Waals surface area (Å²) in [6, 6.07) is 0. The second-order valence-electron chi connectivity index (χ2n) is 7.21. The lowest BCUT2D eigenvalue weighted by Crippen LogP contribution is -2.42. The summed E-state index contributed by atoms with van der Waals surface area (Å²) in [6.07, 6.45) is 1.69. The number of halogens is 2. The van der Waals surface area contributed by atoms with Gasteiger partial charge in [0.05, 0.1) is 11.2 Å². The molecule has 24 heavy (non-hydrogen) atoms. The molecule has 0 spiro atoms. The van der Waals surface area contributed by atoms with Gasteiger partial charge in [-0.05, 0) is 24.2 Å². The highest BCUT2D eigenvalue weighted by atomic mass is 32.2. The van der Waals surface area contributed by atoms with E-state index in [0.29, 0.717) is 19.8 Å². The molecule has 0 saturated heterocycles. The van der Waals surface area contributed by atoms with Gasteiger partial charge in [0.25, 0.3) is 10.1 Å². The quantitative estimate of drug-likeness (QED) is 0.388. The van der Waals surface area contributed by atoms with Crippen molar-refractivity contribution in [3.63, 3.8) is 0 Å². The SMILES string of the molecule is CC(F)(F)C(=O)OCCOS(=O)(=O)CC12CCC(CC1=O)C2(C)C. The van der Waals surface area contributed by atoms with Crippen LogP contribution in [0.5, 0.6) is 0 Å². The molecule has 2 unspecified atom stereocenters. The van der Waals surface area contributed by atoms with Gasteiger partial charge < -0.3 is 4.74 Å². The van der Waals surface area contributed by atoms with Gasteiger partial charge in [-0.3, -0.25) is 8.98 Å². The van der Waals surface area contributed by atoms with Crippen molar-refractivity contribution in [1.29, 1.82) is 0 Å². The Hall–Kier alpha value is -1.09. The highest BCUT2D eigenvalue weighted by molar-refractivity contribution is 7.86. The first-order valence-electron chi connectivity index (χ1n) is 7.77. The molecule has 2 fully saturated rings. The van der Waals surface area contributed by atoms with Crippen molar-refractivity contribution in [1.82, 2.24) is 0 Å². The largest absolute Gasteiger partial charge is 0.459 e. The number of carbonyl (C=O) groups excluding carboxylic acids is 2. The van der Waals surface area contributed by atoms with E-state index in [9.17, 15) is 26.8 Å². The molecule has 0 aromatic rings. The van der Waals surface area contributed by atoms with Crippen LogP contribution in [-0.2, 0) is 28.6 Å². The lowest BCUT2D eigenvalue weighted by Gasteiger charge is -2.35. The van der Waals surface area contributed by atoms with Crippen LogP contribution >= 0.6 is 0 Å². The molecular formula is C15H22F2O6S. The Bertz CT molecular complexity index is 637. The maximum atomic E-state index is 12.6. The number of carbonyl (C=O) groups is 2. The molecule has 2 aliphatic carbocycles. The summed E-state index contributed by atoms with van der Waals surface area (Å²) in [7, 11) is -4.05. The Kier molecular flexibility index (Phi) is 4.82. The van der Waals surface area contributed by atoms with Crippen molar-refractivity contribution in [3.05, 3.63) is 0 Å². The van der Waals surface area contributed by atoms with Crippen molar-refractivity contribution in [2.24, 2.45) is 16.7 Å². The molecule has 0 heterocycles. The van der Waals surface area contributed by atoms with Crippen LogP contribution in [0.4, 0.5) is 8.78 Å². The van der Waals surface area contributed by atoms with Gasteiger partial charge in [0.2, 0.25) is 0 Å². The number of Topliss-reactive ketones (excluding diaryl/α,β-unsaturated/α-hetero) is 1. The molecule has 138 valence electrons. The van der Waals surface area contributed by atoms with Crippen LogP contribution in [0.1, 0.15) is 40.0 Å². The van der Waals surface area contributed by atoms with Crippen molar-refractivity contribution < 1.29 is 35.7 Å². The predicted octanol–water partition coefficient (Wildman–Crippen LogP) is 1.93. The van der Waals surface area contributed by atoms with Gasteiger partial charge in [-0.2, -0.15) is 17.2 Å². The van der Waals surface area contributed by atoms with E-state index in [1.165, 1.54) is 0 Å². The Labute approximate surface area is 140 Å². The minimum Gasteiger partial charge on any atom is -0.459 e. The van der Waals surface area contributed by atoms with E-state index in [2.05, 4.69) is 4.74 Å². The zero-order chi connectivity index (χ0) is 18.4. The Balaban J connectivity index is 1.93. The minimum atomic E-state index is -4.05. The first-order valence-corrected chi connectivity index (χ1v) is 9.35. The van der Waals surface area contributed by atoms with E-state index >= 15 is 0 Å². The second kappa shape index (κ2) is 6.01. The first kappa shape index (κ1) is 19.2. The summed E-state index contributed by atoms with van der Waals surface area (Å²) in [6.45, 7) is 3.02. The normalized spacial score (nSPS) is 29.0. The first-order chi connectivity index (χ1) is 10.8. The average molecular weight is 368 g/mol. The van der Waals surface area contributed by atoms with E-state index in [0.717, 1.165) is 6.42 Å². The van der Waals surface area contributed by atoms with Crippen LogP contribution in [0, 0.1) is 16.7 Å². The maximum absolute atomic E-state index is 12.6. The predicted molar refractivity (Wildman–Crippen MR) is 79.9 cm³/mol. The highest BCUT2D eigenvalue weighted by Gasteiger charge is 2.65. The van der Waals surface area contributed by atoms with Crippen molar-refractivity contribution in [2.45, 2.75) is 46.0 Å². The molecule has 2 atom stereocenters. The fourth-order valence-electron chi connectivity index (χ4n) is 3.87. The number of hydrogen-bond acceptors (Lipinski definition) is 6. The van der Waals surface area contributed by atoms with Crippen LogP contribution in [0.25, 0.3) is 0 Å². The third kappa shape index (κ3) is 3.33. The summed E-state index contributed by atoms with van der Waals surface area (Å²) < 4.78 is 58.6. The van der Waals surface area contributed by atoms with Gasteiger partial charge in [-0.1, -0.05) is 13.8 Å². The molecule has 6 nitrogen and oxygen atoms in total. The smallest absolute Gasteiger partial charge is 0.376 e. The van der Waals surface area contributed by atoms with E-state index < -0.39 is 51.8 Å². The summed E-state index contributed by atoms with van der Waals surface area (Å²) in [4.78, 5) is 23.2. The number of esters is 1. The summed E-state index contributed by atoms with van der Waals surface area (Å²) in [5, 5.41) is 0. The molecule has 2 aliphatic rings. The van der Waals surface area contributed by atoms with Gasteiger partial charge in [-0.15, -0.1) is 0 Å². The average Bonchev–Trinajstić information content (AvgIpc) is 2.75. The van der Waals surface area contributed by atoms with Crippen LogP contribution in [-0.4, -0.2) is 45.1 Å². The van der Waals surface area contributed by atoms with Crippen LogP contribution in [0.15, 0.2) is 0 Å². The molecule has 0 aromatic carbocycles. The standard InChI is InChI=1S/C15H22F2O6S/c1-13(2)10-4-5-15(13,11(18)8-10)9-24(20,21)23-7-6-22-12(19)14(3,16)17/h10H,4-9H2,1-3H3. The zero-order valence-corrected chi connectivity index (χ0v) is 14.8. The molecule has 2 rings (SSSR count). The number of hydrogen-bond donors (Lipinski definition) is 0. The molecule has 2 bridgehead atoms. The third-order valence-electron chi connectivity index (χ3n) is 5.50. The molecule has 0 amide bonds. The molecule has 0 aliphatic heterocycles. The molecule has 2 saturated carbocycles. The Morgan fingerprint density at radius 2 is 1.96 bits per heavy atom. The van der Waals surface area contributed by atoms with Gasteiger partial charge >= 0.3 is 11.9 Å².